The lowest BCUT2D eigenvalue weighted by atomic mass is 10.5. The molecule has 0 spiro atoms. The van der Waals surface area contributed by atoms with Crippen LogP contribution in [0.3, 0.4) is 0 Å². The molecular formula is C14H18ClN5O4S2. The number of nitrogens with one attached hydrogen (secondary N) is 2. The summed E-state index contributed by atoms with van der Waals surface area (Å²) < 4.78 is 50.4. The number of hydrogen-bond acceptors (Lipinski definition) is 7. The number of hydrogen-bond donors (Lipinski definition) is 2. The molecule has 0 aliphatic carbocycles. The first kappa shape index (κ1) is 20.5. The van der Waals surface area contributed by atoms with Crippen LogP contribution >= 0.6 is 11.6 Å². The van der Waals surface area contributed by atoms with E-state index >= 15 is 0 Å². The van der Waals surface area contributed by atoms with Gasteiger partial charge >= 0.3 is 0 Å². The summed E-state index contributed by atoms with van der Waals surface area (Å²) >= 11 is 5.77. The van der Waals surface area contributed by atoms with Gasteiger partial charge in [0.25, 0.3) is 10.0 Å². The van der Waals surface area contributed by atoms with Crippen LogP contribution in [0, 0.1) is 0 Å². The van der Waals surface area contributed by atoms with Gasteiger partial charge in [0.15, 0.2) is 0 Å². The molecule has 0 atom stereocenters. The lowest BCUT2D eigenvalue weighted by Crippen LogP contribution is -2.31. The molecule has 0 bridgehead atoms. The Hall–Kier alpha value is -1.79. The predicted molar refractivity (Wildman–Crippen MR) is 97.5 cm³/mol. The highest BCUT2D eigenvalue weighted by atomic mass is 35.5. The number of sulfonamides is 2. The van der Waals surface area contributed by atoms with Gasteiger partial charge < -0.3 is 0 Å². The van der Waals surface area contributed by atoms with E-state index in [0.717, 1.165) is 6.20 Å². The molecule has 9 nitrogen and oxygen atoms in total. The van der Waals surface area contributed by atoms with Gasteiger partial charge in [-0.2, -0.15) is 4.31 Å². The van der Waals surface area contributed by atoms with Crippen molar-refractivity contribution in [2.24, 2.45) is 0 Å². The number of aromatic nitrogens is 2. The highest BCUT2D eigenvalue weighted by Gasteiger charge is 2.22. The van der Waals surface area contributed by atoms with Crippen LogP contribution in [0.25, 0.3) is 0 Å². The summed E-state index contributed by atoms with van der Waals surface area (Å²) in [7, 11) is -7.60. The van der Waals surface area contributed by atoms with Gasteiger partial charge in [0, 0.05) is 25.5 Å². The molecule has 2 aromatic rings. The Balaban J connectivity index is 2.14. The van der Waals surface area contributed by atoms with Crippen molar-refractivity contribution in [3.8, 4) is 0 Å². The van der Waals surface area contributed by atoms with Crippen LogP contribution in [0.2, 0.25) is 5.15 Å². The van der Waals surface area contributed by atoms with Crippen molar-refractivity contribution in [2.45, 2.75) is 23.6 Å². The Morgan fingerprint density at radius 1 is 1.08 bits per heavy atom. The molecule has 2 heterocycles. The van der Waals surface area contributed by atoms with Crippen LogP contribution in [-0.2, 0) is 20.0 Å². The van der Waals surface area contributed by atoms with Crippen molar-refractivity contribution in [1.29, 1.82) is 0 Å². The van der Waals surface area contributed by atoms with Crippen LogP contribution in [0.5, 0.6) is 0 Å². The summed E-state index contributed by atoms with van der Waals surface area (Å²) in [6, 6.07) is 5.43. The largest absolute Gasteiger partial charge is 0.292 e. The average Bonchev–Trinajstić information content (AvgIpc) is 2.61. The maximum absolute atomic E-state index is 12.4. The minimum atomic E-state index is -3.97. The van der Waals surface area contributed by atoms with Crippen molar-refractivity contribution in [3.63, 3.8) is 0 Å². The fourth-order valence-corrected chi connectivity index (χ4v) is 4.77. The van der Waals surface area contributed by atoms with Crippen molar-refractivity contribution in [3.05, 3.63) is 41.8 Å². The third kappa shape index (κ3) is 4.48. The van der Waals surface area contributed by atoms with Gasteiger partial charge in [-0.05, 0) is 24.3 Å². The number of anilines is 1. The van der Waals surface area contributed by atoms with Gasteiger partial charge in [-0.3, -0.25) is 5.43 Å². The van der Waals surface area contributed by atoms with E-state index in [1.54, 1.807) is 13.8 Å². The molecule has 0 aromatic carbocycles. The maximum Gasteiger partial charge on any atom is 0.260 e. The van der Waals surface area contributed by atoms with Crippen LogP contribution in [-0.4, -0.2) is 44.2 Å². The van der Waals surface area contributed by atoms with E-state index in [0.29, 0.717) is 13.1 Å². The molecule has 0 aliphatic heterocycles. The Kier molecular flexibility index (Phi) is 6.53. The molecule has 2 aromatic heterocycles. The average molecular weight is 420 g/mol. The molecule has 0 radical (unpaired) electrons. The second kappa shape index (κ2) is 8.27. The van der Waals surface area contributed by atoms with E-state index in [2.05, 4.69) is 20.2 Å². The third-order valence-corrected chi connectivity index (χ3v) is 7.13. The highest BCUT2D eigenvalue weighted by Crippen LogP contribution is 2.18. The minimum Gasteiger partial charge on any atom is -0.292 e. The van der Waals surface area contributed by atoms with E-state index in [1.807, 2.05) is 0 Å². The summed E-state index contributed by atoms with van der Waals surface area (Å²) in [5.74, 6) is 0.118. The minimum absolute atomic E-state index is 0.0184. The van der Waals surface area contributed by atoms with E-state index in [9.17, 15) is 16.8 Å². The summed E-state index contributed by atoms with van der Waals surface area (Å²) in [5.41, 5.74) is 2.40. The number of pyridine rings is 2. The van der Waals surface area contributed by atoms with Crippen LogP contribution in [0.15, 0.2) is 46.5 Å². The molecule has 0 aliphatic rings. The first-order chi connectivity index (χ1) is 12.2. The van der Waals surface area contributed by atoms with Crippen LogP contribution in [0.4, 0.5) is 5.82 Å². The van der Waals surface area contributed by atoms with Crippen molar-refractivity contribution in [2.75, 3.05) is 18.5 Å². The topological polar surface area (TPSA) is 121 Å². The van der Waals surface area contributed by atoms with E-state index < -0.39 is 20.0 Å². The molecule has 12 heteroatoms. The highest BCUT2D eigenvalue weighted by molar-refractivity contribution is 7.89. The SMILES string of the molecule is CCN(CC)S(=O)(=O)c1ccc(NNS(=O)(=O)c2cccnc2Cl)nc1. The molecule has 2 N–H and O–H groups in total. The number of nitrogens with zero attached hydrogens (tertiary/aromatic N) is 3. The second-order valence-corrected chi connectivity index (χ2v) is 8.94. The Labute approximate surface area is 157 Å². The quantitative estimate of drug-likeness (QED) is 0.490. The fraction of sp³-hybridized carbons (Fsp3) is 0.286. The van der Waals surface area contributed by atoms with E-state index in [4.69, 9.17) is 11.6 Å². The number of halogens is 1. The molecule has 2 rings (SSSR count). The first-order valence-electron chi connectivity index (χ1n) is 7.57. The fourth-order valence-electron chi connectivity index (χ4n) is 2.07. The van der Waals surface area contributed by atoms with Gasteiger partial charge in [-0.15, -0.1) is 4.83 Å². The zero-order valence-corrected chi connectivity index (χ0v) is 16.4. The van der Waals surface area contributed by atoms with E-state index in [-0.39, 0.29) is 20.8 Å². The van der Waals surface area contributed by atoms with Gasteiger partial charge in [0.1, 0.15) is 20.8 Å². The van der Waals surface area contributed by atoms with E-state index in [1.165, 1.54) is 34.8 Å². The van der Waals surface area contributed by atoms with Crippen LogP contribution in [0.1, 0.15) is 13.8 Å². The van der Waals surface area contributed by atoms with Crippen molar-refractivity contribution < 1.29 is 16.8 Å². The monoisotopic (exact) mass is 419 g/mol. The predicted octanol–water partition coefficient (Wildman–Crippen LogP) is 1.47. The Morgan fingerprint density at radius 3 is 2.31 bits per heavy atom. The van der Waals surface area contributed by atoms with Gasteiger partial charge in [-0.1, -0.05) is 25.4 Å². The molecule has 0 fully saturated rings. The summed E-state index contributed by atoms with van der Waals surface area (Å²) in [5, 5.41) is -0.171. The molecule has 142 valence electrons. The number of rotatable bonds is 8. The molecule has 0 unspecified atom stereocenters. The van der Waals surface area contributed by atoms with Gasteiger partial charge in [0.05, 0.1) is 0 Å². The number of hydrazine groups is 1. The Bertz CT molecular complexity index is 961. The standard InChI is InChI=1S/C14H18ClN5O4S2/c1-3-20(4-2)26(23,24)11-7-8-13(17-10-11)18-19-25(21,22)12-6-5-9-16-14(12)15/h5-10,19H,3-4H2,1-2H3,(H,17,18). The van der Waals surface area contributed by atoms with Crippen molar-refractivity contribution >= 4 is 37.5 Å². The van der Waals surface area contributed by atoms with Gasteiger partial charge in [-0.25, -0.2) is 26.8 Å². The summed E-state index contributed by atoms with van der Waals surface area (Å²) in [6.07, 6.45) is 2.52. The first-order valence-corrected chi connectivity index (χ1v) is 10.9. The molecule has 0 amide bonds. The smallest absolute Gasteiger partial charge is 0.260 e. The normalized spacial score (nSPS) is 12.3. The third-order valence-electron chi connectivity index (χ3n) is 3.41. The van der Waals surface area contributed by atoms with Crippen molar-refractivity contribution in [1.82, 2.24) is 19.1 Å². The zero-order chi connectivity index (χ0) is 19.4. The lowest BCUT2D eigenvalue weighted by molar-refractivity contribution is 0.445. The van der Waals surface area contributed by atoms with Gasteiger partial charge in [0.2, 0.25) is 10.0 Å². The Morgan fingerprint density at radius 2 is 1.77 bits per heavy atom. The lowest BCUT2D eigenvalue weighted by Gasteiger charge is -2.18. The maximum atomic E-state index is 12.4. The zero-order valence-electron chi connectivity index (χ0n) is 14.0. The second-order valence-electron chi connectivity index (χ2n) is 4.99. The molecule has 26 heavy (non-hydrogen) atoms. The summed E-state index contributed by atoms with van der Waals surface area (Å²) in [4.78, 5) is 9.56. The molecular weight excluding hydrogens is 402 g/mol. The molecule has 0 saturated heterocycles. The molecule has 0 saturated carbocycles. The van der Waals surface area contributed by atoms with Crippen LogP contribution < -0.4 is 10.3 Å². The summed E-state index contributed by atoms with van der Waals surface area (Å²) in [6.45, 7) is 4.15.